The lowest BCUT2D eigenvalue weighted by Crippen LogP contribution is -2.63. The molecule has 47 nitrogen and oxygen atoms in total. The van der Waals surface area contributed by atoms with Crippen LogP contribution >= 0.6 is 0 Å². The van der Waals surface area contributed by atoms with E-state index in [1.807, 2.05) is 6.92 Å². The second kappa shape index (κ2) is 51.1. The summed E-state index contributed by atoms with van der Waals surface area (Å²) in [6, 6.07) is 0. The molecule has 742 valence electrons. The summed E-state index contributed by atoms with van der Waals surface area (Å²) in [7, 11) is 0. The molecule has 6 rings (SSSR count). The molecule has 0 radical (unpaired) electrons. The van der Waals surface area contributed by atoms with Gasteiger partial charge in [0.05, 0.1) is 105 Å². The fourth-order valence-corrected chi connectivity index (χ4v) is 14.3. The highest BCUT2D eigenvalue weighted by molar-refractivity contribution is 5.86. The van der Waals surface area contributed by atoms with Gasteiger partial charge in [-0.25, -0.2) is 4.79 Å². The fraction of sp³-hybridized carbons (Fsp3) is 0.840. The van der Waals surface area contributed by atoms with Gasteiger partial charge in [-0.2, -0.15) is 0 Å². The number of carboxylic acid groups (broad SMARTS) is 5. The smallest absolute Gasteiger partial charge is 0.331 e. The van der Waals surface area contributed by atoms with E-state index in [4.69, 9.17) is 91.8 Å². The van der Waals surface area contributed by atoms with Crippen molar-refractivity contribution in [2.24, 2.45) is 11.3 Å². The van der Waals surface area contributed by atoms with Crippen LogP contribution in [-0.2, 0) is 109 Å². The summed E-state index contributed by atoms with van der Waals surface area (Å²) in [5.41, 5.74) is -10.7. The number of allylic oxidation sites excluding steroid dienone is 2. The first-order valence-electron chi connectivity index (χ1n) is 41.6. The molecule has 5 heterocycles. The predicted molar refractivity (Wildman–Crippen MR) is 427 cm³/mol. The summed E-state index contributed by atoms with van der Waals surface area (Å²) in [4.78, 5) is 102. The highest BCUT2D eigenvalue weighted by atomic mass is 16.8. The average molecular weight is 1860 g/mol. The van der Waals surface area contributed by atoms with E-state index in [0.717, 1.165) is 20.3 Å². The molecule has 1 saturated carbocycles. The summed E-state index contributed by atoms with van der Waals surface area (Å²) in [6.45, 7) is 19.6. The molecule has 33 atom stereocenters. The van der Waals surface area contributed by atoms with E-state index < -0.39 is 318 Å². The van der Waals surface area contributed by atoms with Crippen molar-refractivity contribution in [2.45, 2.75) is 387 Å². The Morgan fingerprint density at radius 2 is 0.766 bits per heavy atom. The Hall–Kier alpha value is -6.45. The number of aliphatic hydroxyl groups excluding tert-OH is 14. The maximum atomic E-state index is 12.2. The molecule has 5 aliphatic heterocycles. The zero-order chi connectivity index (χ0) is 98.0. The molecule has 2 bridgehead atoms. The minimum absolute atomic E-state index is 0.0838. The molecule has 1 aliphatic carbocycles. The lowest BCUT2D eigenvalue weighted by molar-refractivity contribution is -0.349. The topological polar surface area (TPSA) is 768 Å². The Bertz CT molecular complexity index is 3530. The lowest BCUT2D eigenvalue weighted by Gasteiger charge is -2.51. The third kappa shape index (κ3) is 37.2. The van der Waals surface area contributed by atoms with Gasteiger partial charge in [0.1, 0.15) is 135 Å². The highest BCUT2D eigenvalue weighted by Crippen LogP contribution is 2.58. The number of hydrogen-bond donors (Lipinski definition) is 24. The van der Waals surface area contributed by atoms with Crippen LogP contribution in [0.2, 0.25) is 0 Å². The van der Waals surface area contributed by atoms with E-state index in [9.17, 15) is 140 Å². The number of ether oxygens (including phenoxy) is 14. The van der Waals surface area contributed by atoms with Gasteiger partial charge in [-0.05, 0) is 107 Å². The molecule has 0 aromatic heterocycles. The fourth-order valence-electron chi connectivity index (χ4n) is 14.3. The lowest BCUT2D eigenvalue weighted by atomic mass is 9.59. The van der Waals surface area contributed by atoms with Crippen LogP contribution in [0.15, 0.2) is 23.8 Å². The Balaban J connectivity index is 0.000000446. The minimum Gasteiger partial charge on any atom is -0.481 e. The van der Waals surface area contributed by atoms with Crippen LogP contribution in [0.1, 0.15) is 193 Å². The number of aliphatic carboxylic acids is 5. The molecule has 0 amide bonds. The number of carboxylic acids is 5. The Kier molecular flexibility index (Phi) is 46.2. The molecule has 47 heteroatoms. The van der Waals surface area contributed by atoms with Gasteiger partial charge < -0.3 is 189 Å². The molecule has 128 heavy (non-hydrogen) atoms. The molecule has 0 aromatic rings. The summed E-state index contributed by atoms with van der Waals surface area (Å²) in [6.07, 6.45) is -30.5. The van der Waals surface area contributed by atoms with Gasteiger partial charge in [0, 0.05) is 23.3 Å². The van der Waals surface area contributed by atoms with Gasteiger partial charge in [-0.15, -0.1) is 0 Å². The van der Waals surface area contributed by atoms with Crippen LogP contribution in [0.4, 0.5) is 0 Å². The number of esters is 4. The van der Waals surface area contributed by atoms with E-state index in [-0.39, 0.29) is 43.1 Å². The van der Waals surface area contributed by atoms with Crippen molar-refractivity contribution < 1.29 is 232 Å². The molecule has 6 fully saturated rings. The Morgan fingerprint density at radius 3 is 1.07 bits per heavy atom. The van der Waals surface area contributed by atoms with Gasteiger partial charge in [0.15, 0.2) is 37.7 Å². The standard InChI is InChI=1S/C27H40O14.C19H34O11.C18H32O12.C17H30O10/c1-14(22(34)35)6-5-7-27(37)24(2)8-15(9-26(27,4)39-13-24)40-23-21(33)20(32)19(31)16(41-23)12-38-18(30)11-25(3,36)10-17(28)29;1-10(20)5-4-6-11(2)29-18-17(26)16(25)15(24)12(30-18)9-28-14(23)8-19(3,27)7-13(21)22;1-8(2)16(25)28-9(3)29-17-15(24)14(23)13(22)10(30-17)7-27-12(21)6-18(4,26)5-11(19)20;1-4-5-9(2)26-16-15(23)14(22)13(21)10(27-16)8-25-12(20)7-17(3,24)6-11(18)19/h5-7,15-16,19-21,23,31-33,36-37H,8-13H2,1-4H3,(H,28,29)(H,34,35);10-12,15-18,20,24-27H,4-9H2,1-3H3,(H,21,22);8-10,13-17,22-26H,5-7H2,1-4H3,(H,19,20);9-10,13-16,21-24H,4-8H2,1-3H3,(H,18,19)/b7-5-,14-6+;;;. The van der Waals surface area contributed by atoms with Gasteiger partial charge in [-0.3, -0.25) is 38.4 Å². The van der Waals surface area contributed by atoms with Crippen LogP contribution < -0.4 is 0 Å². The molecule has 0 spiro atoms. The quantitative estimate of drug-likeness (QED) is 0.00901. The van der Waals surface area contributed by atoms with Gasteiger partial charge >= 0.3 is 53.7 Å². The van der Waals surface area contributed by atoms with Crippen molar-refractivity contribution in [1.29, 1.82) is 0 Å². The summed E-state index contributed by atoms with van der Waals surface area (Å²) in [5.74, 6) is -10.2. The van der Waals surface area contributed by atoms with Gasteiger partial charge in [-0.1, -0.05) is 46.3 Å². The molecular weight excluding hydrogens is 1720 g/mol. The molecular formula is C81H136O47. The Labute approximate surface area is 738 Å². The van der Waals surface area contributed by atoms with Crippen LogP contribution in [-0.4, -0.2) is 403 Å². The van der Waals surface area contributed by atoms with Crippen molar-refractivity contribution in [3.05, 3.63) is 23.8 Å². The van der Waals surface area contributed by atoms with Crippen molar-refractivity contribution in [2.75, 3.05) is 33.0 Å². The largest absolute Gasteiger partial charge is 0.481 e. The van der Waals surface area contributed by atoms with E-state index in [1.54, 1.807) is 48.5 Å². The average Bonchev–Trinajstić information content (AvgIpc) is 1.60. The van der Waals surface area contributed by atoms with Crippen molar-refractivity contribution in [3.63, 3.8) is 0 Å². The van der Waals surface area contributed by atoms with E-state index in [1.165, 1.54) is 45.9 Å². The normalized spacial score (nSPS) is 34.3. The Morgan fingerprint density at radius 1 is 0.445 bits per heavy atom. The maximum Gasteiger partial charge on any atom is 0.331 e. The molecule has 5 saturated heterocycles. The summed E-state index contributed by atoms with van der Waals surface area (Å²) < 4.78 is 75.4. The predicted octanol–water partition coefficient (Wildman–Crippen LogP) is -4.38. The van der Waals surface area contributed by atoms with Crippen LogP contribution in [0, 0.1) is 11.3 Å². The zero-order valence-corrected chi connectivity index (χ0v) is 74.1. The van der Waals surface area contributed by atoms with Crippen LogP contribution in [0.3, 0.4) is 0 Å². The SMILES string of the molecule is C/C(=C\C=C/C1(O)C2(C)COC1(C)CC(OC1OC(COC(=O)CC(C)(O)CC(=O)O)C(O)C(O)C1O)C2)C(=O)O.CC(O)CCCC(C)OC1OC(COC(=O)CC(C)(O)CC(=O)O)C(O)C(O)C1O.CC(OC(O)C(C)C)OC1OC(COC(=O)CC(C)(O)CC(=O)O)C(O)C(O)C1O.CCCC(C)OC1OC(COC(=O)CC(C)(O)CC(=O)O)C(O)C(O)C1O. The molecule has 33 unspecified atom stereocenters. The summed E-state index contributed by atoms with van der Waals surface area (Å²) in [5, 5.41) is 236. The van der Waals surface area contributed by atoms with Crippen molar-refractivity contribution >= 4 is 53.7 Å². The zero-order valence-electron chi connectivity index (χ0n) is 74.1. The summed E-state index contributed by atoms with van der Waals surface area (Å²) >= 11 is 0. The number of fused-ring (bicyclic) bond motifs is 2. The number of rotatable bonds is 44. The highest BCUT2D eigenvalue weighted by Gasteiger charge is 2.68. The molecule has 0 aromatic carbocycles. The first-order valence-corrected chi connectivity index (χ1v) is 41.6. The number of carbonyl (C=O) groups is 9. The second-order valence-electron chi connectivity index (χ2n) is 35.2. The number of aliphatic hydroxyl groups is 19. The number of hydrogen-bond acceptors (Lipinski definition) is 42. The first-order chi connectivity index (χ1) is 58.8. The van der Waals surface area contributed by atoms with Crippen LogP contribution in [0.5, 0.6) is 0 Å². The van der Waals surface area contributed by atoms with E-state index in [0.29, 0.717) is 25.7 Å². The first kappa shape index (κ1) is 116. The third-order valence-electron chi connectivity index (χ3n) is 21.5. The van der Waals surface area contributed by atoms with Crippen molar-refractivity contribution in [3.8, 4) is 0 Å². The van der Waals surface area contributed by atoms with Gasteiger partial charge in [0.25, 0.3) is 0 Å². The molecule has 24 N–H and O–H groups in total. The maximum absolute atomic E-state index is 12.2. The van der Waals surface area contributed by atoms with E-state index >= 15 is 0 Å². The number of carbonyl (C=O) groups excluding carboxylic acids is 4. The van der Waals surface area contributed by atoms with Gasteiger partial charge in [0.2, 0.25) is 0 Å². The minimum atomic E-state index is -1.87. The van der Waals surface area contributed by atoms with Crippen molar-refractivity contribution in [1.82, 2.24) is 0 Å². The molecule has 6 aliphatic rings. The van der Waals surface area contributed by atoms with E-state index in [2.05, 4.69) is 0 Å². The third-order valence-corrected chi connectivity index (χ3v) is 21.5. The second-order valence-corrected chi connectivity index (χ2v) is 35.2. The van der Waals surface area contributed by atoms with Crippen LogP contribution in [0.25, 0.3) is 0 Å². The monoisotopic (exact) mass is 1860 g/mol.